The van der Waals surface area contributed by atoms with Gasteiger partial charge in [0.2, 0.25) is 10.0 Å². The van der Waals surface area contributed by atoms with E-state index in [1.165, 1.54) is 11.8 Å². The van der Waals surface area contributed by atoms with Gasteiger partial charge in [-0.3, -0.25) is 9.48 Å². The van der Waals surface area contributed by atoms with Crippen LogP contribution in [0.25, 0.3) is 0 Å². The third-order valence-corrected chi connectivity index (χ3v) is 7.24. The third kappa shape index (κ3) is 6.17. The van der Waals surface area contributed by atoms with Crippen LogP contribution in [0, 0.1) is 12.8 Å². The van der Waals surface area contributed by atoms with Crippen LogP contribution in [-0.4, -0.2) is 59.7 Å². The normalized spacial score (nSPS) is 15.9. The number of aryl methyl sites for hydroxylation is 2. The van der Waals surface area contributed by atoms with Gasteiger partial charge >= 0.3 is 0 Å². The standard InChI is InChI=1S/C23H34N4O3S/c1-5-12-27-22(15-18(2)24-27)17-25(3)23(28)21-8-6-19(7-9-21)16-20-10-13-26(14-11-20)31(4,29)30/h6-9,15,20H,5,10-14,16-17H2,1-4H3. The number of carbonyl (C=O) groups excluding carboxylic acids is 1. The van der Waals surface area contributed by atoms with E-state index in [1.54, 1.807) is 9.21 Å². The van der Waals surface area contributed by atoms with Crippen LogP contribution in [-0.2, 0) is 29.5 Å². The number of amides is 1. The lowest BCUT2D eigenvalue weighted by Gasteiger charge is -2.30. The Morgan fingerprint density at radius 1 is 1.19 bits per heavy atom. The highest BCUT2D eigenvalue weighted by atomic mass is 32.2. The van der Waals surface area contributed by atoms with E-state index < -0.39 is 10.0 Å². The summed E-state index contributed by atoms with van der Waals surface area (Å²) < 4.78 is 26.9. The number of sulfonamides is 1. The zero-order valence-corrected chi connectivity index (χ0v) is 19.9. The van der Waals surface area contributed by atoms with Gasteiger partial charge in [-0.15, -0.1) is 0 Å². The van der Waals surface area contributed by atoms with Crippen molar-refractivity contribution >= 4 is 15.9 Å². The first-order chi connectivity index (χ1) is 14.7. The molecule has 170 valence electrons. The third-order valence-electron chi connectivity index (χ3n) is 5.93. The summed E-state index contributed by atoms with van der Waals surface area (Å²) in [5.74, 6) is 0.472. The van der Waals surface area contributed by atoms with Gasteiger partial charge in [-0.05, 0) is 62.3 Å². The Labute approximate surface area is 186 Å². The molecule has 0 unspecified atom stereocenters. The summed E-state index contributed by atoms with van der Waals surface area (Å²) in [5.41, 5.74) is 3.88. The molecule has 0 saturated carbocycles. The average Bonchev–Trinajstić information content (AvgIpc) is 3.06. The number of nitrogens with zero attached hydrogens (tertiary/aromatic N) is 4. The Morgan fingerprint density at radius 3 is 2.42 bits per heavy atom. The summed E-state index contributed by atoms with van der Waals surface area (Å²) in [6.07, 6.45) is 4.94. The second-order valence-electron chi connectivity index (χ2n) is 8.67. The second kappa shape index (κ2) is 9.96. The molecule has 0 atom stereocenters. The molecule has 0 N–H and O–H groups in total. The van der Waals surface area contributed by atoms with Crippen molar-refractivity contribution in [1.82, 2.24) is 19.0 Å². The molecule has 31 heavy (non-hydrogen) atoms. The van der Waals surface area contributed by atoms with Crippen LogP contribution in [0.15, 0.2) is 30.3 Å². The van der Waals surface area contributed by atoms with Crippen LogP contribution in [0.1, 0.15) is 53.5 Å². The van der Waals surface area contributed by atoms with E-state index in [-0.39, 0.29) is 5.91 Å². The number of hydrogen-bond acceptors (Lipinski definition) is 4. The van der Waals surface area contributed by atoms with E-state index in [4.69, 9.17) is 0 Å². The zero-order chi connectivity index (χ0) is 22.6. The van der Waals surface area contributed by atoms with Crippen LogP contribution in [0.3, 0.4) is 0 Å². The highest BCUT2D eigenvalue weighted by Gasteiger charge is 2.25. The van der Waals surface area contributed by atoms with Gasteiger partial charge in [0, 0.05) is 32.2 Å². The highest BCUT2D eigenvalue weighted by molar-refractivity contribution is 7.88. The molecule has 0 aliphatic carbocycles. The number of hydrogen-bond donors (Lipinski definition) is 0. The lowest BCUT2D eigenvalue weighted by Crippen LogP contribution is -2.38. The lowest BCUT2D eigenvalue weighted by molar-refractivity contribution is 0.0781. The molecule has 2 heterocycles. The Bertz CT molecular complexity index is 990. The van der Waals surface area contributed by atoms with E-state index in [2.05, 4.69) is 12.0 Å². The summed E-state index contributed by atoms with van der Waals surface area (Å²) in [6, 6.07) is 9.88. The number of benzene rings is 1. The zero-order valence-electron chi connectivity index (χ0n) is 19.0. The van der Waals surface area contributed by atoms with Gasteiger partial charge in [-0.2, -0.15) is 5.10 Å². The first-order valence-electron chi connectivity index (χ1n) is 11.0. The predicted molar refractivity (Wildman–Crippen MR) is 122 cm³/mol. The van der Waals surface area contributed by atoms with Crippen LogP contribution < -0.4 is 0 Å². The number of piperidine rings is 1. The Balaban J connectivity index is 1.56. The van der Waals surface area contributed by atoms with Crippen molar-refractivity contribution in [2.75, 3.05) is 26.4 Å². The van der Waals surface area contributed by atoms with Crippen molar-refractivity contribution < 1.29 is 13.2 Å². The summed E-state index contributed by atoms with van der Waals surface area (Å²) in [4.78, 5) is 14.6. The van der Waals surface area contributed by atoms with Gasteiger partial charge in [-0.25, -0.2) is 12.7 Å². The van der Waals surface area contributed by atoms with Crippen molar-refractivity contribution in [1.29, 1.82) is 0 Å². The molecule has 7 nitrogen and oxygen atoms in total. The van der Waals surface area contributed by atoms with Gasteiger partial charge in [0.1, 0.15) is 0 Å². The maximum absolute atomic E-state index is 12.9. The minimum atomic E-state index is -3.09. The largest absolute Gasteiger partial charge is 0.336 e. The summed E-state index contributed by atoms with van der Waals surface area (Å²) in [5, 5.41) is 4.51. The van der Waals surface area contributed by atoms with E-state index >= 15 is 0 Å². The monoisotopic (exact) mass is 446 g/mol. The molecule has 0 bridgehead atoms. The fourth-order valence-corrected chi connectivity index (χ4v) is 5.10. The quantitative estimate of drug-likeness (QED) is 0.624. The van der Waals surface area contributed by atoms with Gasteiger partial charge in [0.25, 0.3) is 5.91 Å². The minimum absolute atomic E-state index is 0.00471. The molecule has 1 aromatic heterocycles. The first-order valence-corrected chi connectivity index (χ1v) is 12.8. The highest BCUT2D eigenvalue weighted by Crippen LogP contribution is 2.23. The van der Waals surface area contributed by atoms with Crippen LogP contribution in [0.5, 0.6) is 0 Å². The van der Waals surface area contributed by atoms with E-state index in [1.807, 2.05) is 49.0 Å². The molecule has 8 heteroatoms. The van der Waals surface area contributed by atoms with Crippen molar-refractivity contribution in [3.8, 4) is 0 Å². The van der Waals surface area contributed by atoms with Gasteiger partial charge in [0.15, 0.2) is 0 Å². The summed E-state index contributed by atoms with van der Waals surface area (Å²) in [7, 11) is -1.26. The van der Waals surface area contributed by atoms with Gasteiger partial charge in [-0.1, -0.05) is 19.1 Å². The van der Waals surface area contributed by atoms with Crippen LogP contribution in [0.4, 0.5) is 0 Å². The first kappa shape index (κ1) is 23.5. The van der Waals surface area contributed by atoms with E-state index in [9.17, 15) is 13.2 Å². The summed E-state index contributed by atoms with van der Waals surface area (Å²) in [6.45, 7) is 6.66. The van der Waals surface area contributed by atoms with Crippen molar-refractivity contribution in [3.63, 3.8) is 0 Å². The van der Waals surface area contributed by atoms with Gasteiger partial charge in [0.05, 0.1) is 24.2 Å². The number of rotatable bonds is 8. The molecule has 1 amide bonds. The molecule has 3 rings (SSSR count). The number of carbonyl (C=O) groups is 1. The minimum Gasteiger partial charge on any atom is -0.336 e. The lowest BCUT2D eigenvalue weighted by atomic mass is 9.90. The van der Waals surface area contributed by atoms with Crippen molar-refractivity contribution in [2.24, 2.45) is 5.92 Å². The maximum Gasteiger partial charge on any atom is 0.253 e. The fraction of sp³-hybridized carbons (Fsp3) is 0.565. The van der Waals surface area contributed by atoms with Crippen molar-refractivity contribution in [3.05, 3.63) is 52.8 Å². The van der Waals surface area contributed by atoms with Crippen LogP contribution in [0.2, 0.25) is 0 Å². The molecule has 1 saturated heterocycles. The maximum atomic E-state index is 12.9. The molecule has 1 aromatic carbocycles. The van der Waals surface area contributed by atoms with E-state index in [0.29, 0.717) is 31.1 Å². The average molecular weight is 447 g/mol. The Hall–Kier alpha value is -2.19. The molecule has 2 aromatic rings. The molecule has 1 aliphatic heterocycles. The topological polar surface area (TPSA) is 75.5 Å². The Kier molecular flexibility index (Phi) is 7.54. The SMILES string of the molecule is CCCn1nc(C)cc1CN(C)C(=O)c1ccc(CC2CCN(S(C)(=O)=O)CC2)cc1. The smallest absolute Gasteiger partial charge is 0.253 e. The predicted octanol–water partition coefficient (Wildman–Crippen LogP) is 3.09. The fourth-order valence-electron chi connectivity index (χ4n) is 4.23. The molecule has 1 fully saturated rings. The molecular weight excluding hydrogens is 412 g/mol. The second-order valence-corrected chi connectivity index (χ2v) is 10.7. The molecule has 0 radical (unpaired) electrons. The molecular formula is C23H34N4O3S. The van der Waals surface area contributed by atoms with Gasteiger partial charge < -0.3 is 4.90 Å². The molecule has 0 spiro atoms. The summed E-state index contributed by atoms with van der Waals surface area (Å²) >= 11 is 0. The Morgan fingerprint density at radius 2 is 1.84 bits per heavy atom. The van der Waals surface area contributed by atoms with Crippen molar-refractivity contribution in [2.45, 2.75) is 52.6 Å². The number of aromatic nitrogens is 2. The van der Waals surface area contributed by atoms with E-state index in [0.717, 1.165) is 43.6 Å². The molecule has 1 aliphatic rings. The van der Waals surface area contributed by atoms with Crippen LogP contribution >= 0.6 is 0 Å².